The normalized spacial score (nSPS) is 16.0. The first-order valence-corrected chi connectivity index (χ1v) is 10.6. The molecule has 3 aromatic rings. The summed E-state index contributed by atoms with van der Waals surface area (Å²) in [5, 5.41) is 16.5. The van der Waals surface area contributed by atoms with Gasteiger partial charge in [0.15, 0.2) is 6.10 Å². The molecule has 16 heteroatoms. The number of carboxylic acid groups (broad SMARTS) is 1. The van der Waals surface area contributed by atoms with Crippen LogP contribution in [0.3, 0.4) is 0 Å². The molecule has 1 aliphatic heterocycles. The number of ether oxygens (including phenoxy) is 1. The fourth-order valence-electron chi connectivity index (χ4n) is 3.20. The highest BCUT2D eigenvalue weighted by Gasteiger charge is 2.40. The molecule has 1 atom stereocenters. The molecule has 1 amide bonds. The minimum Gasteiger partial charge on any atom is -0.476 e. The van der Waals surface area contributed by atoms with Crippen LogP contribution in [0.25, 0.3) is 0 Å². The molecule has 2 aromatic carbocycles. The molecule has 2 heterocycles. The molecule has 0 bridgehead atoms. The molecule has 0 aliphatic carbocycles. The number of nitrogens with zero attached hydrogens (tertiary/aromatic N) is 2. The van der Waals surface area contributed by atoms with Gasteiger partial charge in [0.1, 0.15) is 11.6 Å². The van der Waals surface area contributed by atoms with Crippen LogP contribution in [0.1, 0.15) is 17.6 Å². The van der Waals surface area contributed by atoms with Gasteiger partial charge in [0, 0.05) is 5.69 Å². The maximum absolute atomic E-state index is 13.7. The van der Waals surface area contributed by atoms with E-state index in [0.717, 1.165) is 6.07 Å². The summed E-state index contributed by atoms with van der Waals surface area (Å²) in [5.74, 6) is -3.12. The summed E-state index contributed by atoms with van der Waals surface area (Å²) < 4.78 is 91.0. The van der Waals surface area contributed by atoms with E-state index in [2.05, 4.69) is 5.10 Å². The number of nitrogens with one attached hydrogen (secondary N) is 2. The van der Waals surface area contributed by atoms with Crippen molar-refractivity contribution in [3.05, 3.63) is 64.2 Å². The Hall–Kier alpha value is -4.08. The second kappa shape index (κ2) is 8.05. The first kappa shape index (κ1) is 23.1. The third kappa shape index (κ3) is 4.26. The van der Waals surface area contributed by atoms with Crippen molar-refractivity contribution < 1.29 is 45.0 Å². The van der Waals surface area contributed by atoms with Gasteiger partial charge >= 0.3 is 18.0 Å². The number of H-pyrrole nitrogens is 1. The molecule has 0 fully saturated rings. The summed E-state index contributed by atoms with van der Waals surface area (Å²) in [7, 11) is -4.80. The van der Waals surface area contributed by atoms with Gasteiger partial charge in [-0.25, -0.2) is 27.5 Å². The molecule has 1 aromatic heterocycles. The van der Waals surface area contributed by atoms with Gasteiger partial charge in [-0.1, -0.05) is 0 Å². The van der Waals surface area contributed by atoms with Crippen molar-refractivity contribution in [3.63, 3.8) is 0 Å². The monoisotopic (exact) mass is 504 g/mol. The minimum atomic E-state index is -5.17. The Kier molecular flexibility index (Phi) is 5.47. The average Bonchev–Trinajstić information content (AvgIpc) is 3.18. The van der Waals surface area contributed by atoms with E-state index in [1.54, 1.807) is 0 Å². The minimum absolute atomic E-state index is 0.0742. The quantitative estimate of drug-likeness (QED) is 0.458. The average molecular weight is 504 g/mol. The lowest BCUT2D eigenvalue weighted by atomic mass is 10.2. The van der Waals surface area contributed by atoms with Crippen LogP contribution in [0.4, 0.5) is 33.7 Å². The third-order valence-corrected chi connectivity index (χ3v) is 6.42. The van der Waals surface area contributed by atoms with Gasteiger partial charge in [-0.2, -0.15) is 13.2 Å². The highest BCUT2D eigenvalue weighted by atomic mass is 32.2. The van der Waals surface area contributed by atoms with Gasteiger partial charge in [-0.05, 0) is 36.4 Å². The number of sulfonamides is 1. The summed E-state index contributed by atoms with van der Waals surface area (Å²) in [6.45, 7) is -0.627. The van der Waals surface area contributed by atoms with Crippen molar-refractivity contribution in [2.24, 2.45) is 0 Å². The largest absolute Gasteiger partial charge is 0.476 e. The Balaban J connectivity index is 1.85. The lowest BCUT2D eigenvalue weighted by Gasteiger charge is -2.34. The van der Waals surface area contributed by atoms with Gasteiger partial charge in [0.05, 0.1) is 22.7 Å². The fourth-order valence-corrected chi connectivity index (χ4v) is 4.69. The zero-order valence-electron chi connectivity index (χ0n) is 16.5. The number of benzene rings is 2. The van der Waals surface area contributed by atoms with Gasteiger partial charge in [0.25, 0.3) is 15.9 Å². The van der Waals surface area contributed by atoms with Crippen LogP contribution >= 0.6 is 0 Å². The topological polar surface area (TPSA) is 155 Å². The first-order valence-electron chi connectivity index (χ1n) is 9.12. The summed E-state index contributed by atoms with van der Waals surface area (Å²) in [6, 6.07) is 4.67. The number of anilines is 2. The second-order valence-corrected chi connectivity index (χ2v) is 8.71. The molecule has 180 valence electrons. The van der Waals surface area contributed by atoms with Gasteiger partial charge in [0.2, 0.25) is 0 Å². The highest BCUT2D eigenvalue weighted by molar-refractivity contribution is 7.92. The molecule has 4 rings (SSSR count). The van der Waals surface area contributed by atoms with Crippen LogP contribution in [0.5, 0.6) is 5.75 Å². The van der Waals surface area contributed by atoms with Crippen LogP contribution < -0.4 is 20.1 Å². The second-order valence-electron chi connectivity index (χ2n) is 6.85. The van der Waals surface area contributed by atoms with E-state index < -0.39 is 57.0 Å². The number of alkyl halides is 3. The van der Waals surface area contributed by atoms with Crippen molar-refractivity contribution in [3.8, 4) is 5.75 Å². The molecule has 0 spiro atoms. The number of rotatable bonds is 4. The molecule has 1 unspecified atom stereocenters. The van der Waals surface area contributed by atoms with Gasteiger partial charge < -0.3 is 14.3 Å². The lowest BCUT2D eigenvalue weighted by molar-refractivity contribution is -0.140. The Morgan fingerprint density at radius 1 is 1.24 bits per heavy atom. The number of fused-ring (bicyclic) bond motifs is 1. The van der Waals surface area contributed by atoms with Crippen LogP contribution in [0.15, 0.2) is 50.5 Å². The van der Waals surface area contributed by atoms with E-state index in [1.165, 1.54) is 12.1 Å². The molecule has 0 saturated carbocycles. The van der Waals surface area contributed by atoms with E-state index >= 15 is 0 Å². The number of halogens is 4. The number of hydrogen-bond acceptors (Lipinski definition) is 7. The summed E-state index contributed by atoms with van der Waals surface area (Å²) in [5.41, 5.74) is -2.11. The zero-order valence-corrected chi connectivity index (χ0v) is 17.3. The molecular weight excluding hydrogens is 492 g/mol. The SMILES string of the molecule is O=C(O)Nc1ccc2c(c1)N(S(=O)(=O)c1ccc(F)c(C(F)(F)F)c1)CC(c1n[nH]c(=O)o1)O2. The Morgan fingerprint density at radius 3 is 2.59 bits per heavy atom. The van der Waals surface area contributed by atoms with E-state index in [0.29, 0.717) is 16.4 Å². The molecular formula is C18H12F4N4O7S. The Bertz CT molecular complexity index is 1430. The van der Waals surface area contributed by atoms with Crippen molar-refractivity contribution in [2.75, 3.05) is 16.2 Å². The van der Waals surface area contributed by atoms with Crippen LogP contribution in [-0.2, 0) is 16.2 Å². The summed E-state index contributed by atoms with van der Waals surface area (Å²) in [4.78, 5) is 21.4. The zero-order chi connectivity index (χ0) is 24.8. The summed E-state index contributed by atoms with van der Waals surface area (Å²) in [6.07, 6.45) is -7.93. The van der Waals surface area contributed by atoms with Crippen molar-refractivity contribution in [1.29, 1.82) is 0 Å². The smallest absolute Gasteiger partial charge is 0.434 e. The van der Waals surface area contributed by atoms with Crippen LogP contribution in [0.2, 0.25) is 0 Å². The standard InChI is InChI=1S/C18H12F4N4O7S/c19-11-3-2-9(6-10(11)18(20,21)22)34(30,31)26-7-14(15-24-25-17(29)33-15)32-13-4-1-8(5-12(13)26)23-16(27)28/h1-6,14,23H,7H2,(H,25,29)(H,27,28). The first-order chi connectivity index (χ1) is 15.9. The maximum atomic E-state index is 13.7. The number of amides is 1. The Labute approximate surface area is 186 Å². The summed E-state index contributed by atoms with van der Waals surface area (Å²) >= 11 is 0. The maximum Gasteiger partial charge on any atom is 0.434 e. The number of hydrogen-bond donors (Lipinski definition) is 3. The van der Waals surface area contributed by atoms with Crippen molar-refractivity contribution in [2.45, 2.75) is 17.2 Å². The molecule has 0 radical (unpaired) electrons. The Morgan fingerprint density at radius 2 is 1.97 bits per heavy atom. The highest BCUT2D eigenvalue weighted by Crippen LogP contribution is 2.42. The van der Waals surface area contributed by atoms with Crippen molar-refractivity contribution >= 4 is 27.5 Å². The van der Waals surface area contributed by atoms with Gasteiger partial charge in [-0.15, -0.1) is 5.10 Å². The van der Waals surface area contributed by atoms with E-state index in [4.69, 9.17) is 14.3 Å². The predicted octanol–water partition coefficient (Wildman–Crippen LogP) is 2.94. The fraction of sp³-hybridized carbons (Fsp3) is 0.167. The molecule has 3 N–H and O–H groups in total. The lowest BCUT2D eigenvalue weighted by Crippen LogP contribution is -2.40. The number of aromatic nitrogens is 2. The predicted molar refractivity (Wildman–Crippen MR) is 105 cm³/mol. The van der Waals surface area contributed by atoms with Crippen LogP contribution in [-0.4, -0.2) is 36.4 Å². The molecule has 0 saturated heterocycles. The van der Waals surface area contributed by atoms with Crippen molar-refractivity contribution in [1.82, 2.24) is 10.2 Å². The molecule has 1 aliphatic rings. The third-order valence-electron chi connectivity index (χ3n) is 4.64. The molecule has 34 heavy (non-hydrogen) atoms. The van der Waals surface area contributed by atoms with E-state index in [9.17, 15) is 35.6 Å². The number of aromatic amines is 1. The molecule has 11 nitrogen and oxygen atoms in total. The van der Waals surface area contributed by atoms with Crippen LogP contribution in [0, 0.1) is 5.82 Å². The number of carbonyl (C=O) groups is 1. The van der Waals surface area contributed by atoms with E-state index in [1.807, 2.05) is 10.4 Å². The van der Waals surface area contributed by atoms with Gasteiger partial charge in [-0.3, -0.25) is 9.62 Å². The van der Waals surface area contributed by atoms with E-state index in [-0.39, 0.29) is 29.1 Å².